The molecule has 0 saturated carbocycles. The van der Waals surface area contributed by atoms with Gasteiger partial charge in [-0.25, -0.2) is 4.39 Å². The Hall–Kier alpha value is -0.250. The van der Waals surface area contributed by atoms with Gasteiger partial charge in [-0.05, 0) is 38.1 Å². The number of halogens is 2. The Morgan fingerprint density at radius 1 is 1.53 bits per heavy atom. The third-order valence-electron chi connectivity index (χ3n) is 3.20. The van der Waals surface area contributed by atoms with Crippen LogP contribution in [-0.4, -0.2) is 11.3 Å². The summed E-state index contributed by atoms with van der Waals surface area (Å²) in [6.07, 6.45) is 0. The van der Waals surface area contributed by atoms with E-state index < -0.39 is 0 Å². The molecule has 0 fully saturated rings. The van der Waals surface area contributed by atoms with Crippen LogP contribution in [0, 0.1) is 5.82 Å². The standard InChI is InChI=1S/C13H17ClFNS/c1-4-16-12-9-5-8(14)6-11(15)10(9)7-17-13(12,2)3/h5-6,12,16H,4,7H2,1-3H3. The van der Waals surface area contributed by atoms with E-state index in [-0.39, 0.29) is 16.6 Å². The van der Waals surface area contributed by atoms with Crippen molar-refractivity contribution in [2.24, 2.45) is 0 Å². The van der Waals surface area contributed by atoms with Crippen molar-refractivity contribution in [3.8, 4) is 0 Å². The van der Waals surface area contributed by atoms with Crippen LogP contribution in [0.5, 0.6) is 0 Å². The summed E-state index contributed by atoms with van der Waals surface area (Å²) in [6, 6.07) is 3.45. The van der Waals surface area contributed by atoms with E-state index in [0.717, 1.165) is 17.7 Å². The Labute approximate surface area is 111 Å². The van der Waals surface area contributed by atoms with E-state index in [4.69, 9.17) is 11.6 Å². The van der Waals surface area contributed by atoms with Crippen molar-refractivity contribution in [2.75, 3.05) is 6.54 Å². The fraction of sp³-hybridized carbons (Fsp3) is 0.538. The molecule has 0 aliphatic carbocycles. The summed E-state index contributed by atoms with van der Waals surface area (Å²) in [5.74, 6) is 0.533. The summed E-state index contributed by atoms with van der Waals surface area (Å²) >= 11 is 7.75. The van der Waals surface area contributed by atoms with Crippen LogP contribution in [0.2, 0.25) is 5.02 Å². The maximum absolute atomic E-state index is 13.9. The Kier molecular flexibility index (Phi) is 3.71. The summed E-state index contributed by atoms with van der Waals surface area (Å²) in [7, 11) is 0. The molecule has 0 saturated heterocycles. The lowest BCUT2D eigenvalue weighted by Crippen LogP contribution is -2.40. The van der Waals surface area contributed by atoms with Gasteiger partial charge in [0.2, 0.25) is 0 Å². The van der Waals surface area contributed by atoms with Gasteiger partial charge in [-0.15, -0.1) is 11.8 Å². The van der Waals surface area contributed by atoms with Gasteiger partial charge in [0.05, 0.1) is 0 Å². The van der Waals surface area contributed by atoms with Gasteiger partial charge >= 0.3 is 0 Å². The van der Waals surface area contributed by atoms with E-state index in [2.05, 4.69) is 26.1 Å². The number of benzene rings is 1. The fourth-order valence-electron chi connectivity index (χ4n) is 2.31. The third kappa shape index (κ3) is 2.47. The summed E-state index contributed by atoms with van der Waals surface area (Å²) in [5, 5.41) is 3.92. The van der Waals surface area contributed by atoms with Crippen molar-refractivity contribution >= 4 is 23.4 Å². The second kappa shape index (κ2) is 4.79. The fourth-order valence-corrected chi connectivity index (χ4v) is 3.72. The molecule has 0 bridgehead atoms. The largest absolute Gasteiger partial charge is 0.309 e. The molecule has 0 amide bonds. The molecule has 0 radical (unpaired) electrons. The molecule has 1 atom stereocenters. The highest BCUT2D eigenvalue weighted by Gasteiger charge is 2.37. The molecule has 1 aromatic carbocycles. The number of hydrogen-bond donors (Lipinski definition) is 1. The zero-order valence-electron chi connectivity index (χ0n) is 10.3. The Balaban J connectivity index is 2.52. The predicted molar refractivity (Wildman–Crippen MR) is 73.2 cm³/mol. The lowest BCUT2D eigenvalue weighted by atomic mass is 9.91. The van der Waals surface area contributed by atoms with Crippen LogP contribution in [0.3, 0.4) is 0 Å². The first-order valence-corrected chi connectivity index (χ1v) is 7.17. The van der Waals surface area contributed by atoms with E-state index in [9.17, 15) is 4.39 Å². The van der Waals surface area contributed by atoms with Crippen molar-refractivity contribution < 1.29 is 4.39 Å². The molecule has 1 nitrogen and oxygen atoms in total. The van der Waals surface area contributed by atoms with E-state index in [0.29, 0.717) is 10.8 Å². The Bertz CT molecular complexity index is 434. The summed E-state index contributed by atoms with van der Waals surface area (Å²) in [6.45, 7) is 7.30. The Morgan fingerprint density at radius 2 is 2.24 bits per heavy atom. The van der Waals surface area contributed by atoms with E-state index >= 15 is 0 Å². The van der Waals surface area contributed by atoms with Gasteiger partial charge in [0.15, 0.2) is 0 Å². The molecule has 0 aromatic heterocycles. The summed E-state index contributed by atoms with van der Waals surface area (Å²) in [5.41, 5.74) is 1.81. The molecule has 1 aromatic rings. The average Bonchev–Trinajstić information content (AvgIpc) is 2.22. The number of fused-ring (bicyclic) bond motifs is 1. The monoisotopic (exact) mass is 273 g/mol. The first-order chi connectivity index (χ1) is 7.95. The van der Waals surface area contributed by atoms with Crippen LogP contribution < -0.4 is 5.32 Å². The van der Waals surface area contributed by atoms with E-state index in [1.165, 1.54) is 6.07 Å². The predicted octanol–water partition coefficient (Wildman–Crippen LogP) is 4.16. The summed E-state index contributed by atoms with van der Waals surface area (Å²) < 4.78 is 13.9. The molecule has 1 aliphatic heterocycles. The van der Waals surface area contributed by atoms with Crippen molar-refractivity contribution in [1.29, 1.82) is 0 Å². The molecular formula is C13H17ClFNS. The highest BCUT2D eigenvalue weighted by atomic mass is 35.5. The molecule has 17 heavy (non-hydrogen) atoms. The topological polar surface area (TPSA) is 12.0 Å². The van der Waals surface area contributed by atoms with Gasteiger partial charge in [0.1, 0.15) is 5.82 Å². The van der Waals surface area contributed by atoms with E-state index in [1.807, 2.05) is 6.07 Å². The summed E-state index contributed by atoms with van der Waals surface area (Å²) in [4.78, 5) is 0. The zero-order valence-corrected chi connectivity index (χ0v) is 11.9. The zero-order chi connectivity index (χ0) is 12.6. The van der Waals surface area contributed by atoms with Gasteiger partial charge in [0.25, 0.3) is 0 Å². The Morgan fingerprint density at radius 3 is 2.88 bits per heavy atom. The van der Waals surface area contributed by atoms with Gasteiger partial charge in [-0.2, -0.15) is 0 Å². The van der Waals surface area contributed by atoms with Crippen LogP contribution in [0.4, 0.5) is 4.39 Å². The van der Waals surface area contributed by atoms with Crippen molar-refractivity contribution in [1.82, 2.24) is 5.32 Å². The lowest BCUT2D eigenvalue weighted by molar-refractivity contribution is 0.445. The molecule has 4 heteroatoms. The van der Waals surface area contributed by atoms with Gasteiger partial charge in [0, 0.05) is 27.1 Å². The maximum atomic E-state index is 13.9. The SMILES string of the molecule is CCNC1c2cc(Cl)cc(F)c2CSC1(C)C. The van der Waals surface area contributed by atoms with Crippen LogP contribution in [-0.2, 0) is 5.75 Å². The van der Waals surface area contributed by atoms with Crippen molar-refractivity contribution in [3.05, 3.63) is 34.1 Å². The molecule has 1 N–H and O–H groups in total. The smallest absolute Gasteiger partial charge is 0.129 e. The van der Waals surface area contributed by atoms with Gasteiger partial charge < -0.3 is 5.32 Å². The van der Waals surface area contributed by atoms with Crippen LogP contribution in [0.1, 0.15) is 37.9 Å². The molecule has 0 spiro atoms. The molecule has 1 aliphatic rings. The van der Waals surface area contributed by atoms with Crippen molar-refractivity contribution in [3.63, 3.8) is 0 Å². The maximum Gasteiger partial charge on any atom is 0.129 e. The highest BCUT2D eigenvalue weighted by Crippen LogP contribution is 2.46. The number of rotatable bonds is 2. The minimum absolute atomic E-state index is 0.0557. The number of hydrogen-bond acceptors (Lipinski definition) is 2. The molecule has 1 unspecified atom stereocenters. The normalized spacial score (nSPS) is 22.3. The van der Waals surface area contributed by atoms with Crippen LogP contribution >= 0.6 is 23.4 Å². The van der Waals surface area contributed by atoms with Crippen LogP contribution in [0.15, 0.2) is 12.1 Å². The third-order valence-corrected chi connectivity index (χ3v) is 4.83. The lowest BCUT2D eigenvalue weighted by Gasteiger charge is -2.40. The number of thioether (sulfide) groups is 1. The minimum Gasteiger partial charge on any atom is -0.309 e. The van der Waals surface area contributed by atoms with Crippen molar-refractivity contribution in [2.45, 2.75) is 37.3 Å². The minimum atomic E-state index is -0.182. The molecular weight excluding hydrogens is 257 g/mol. The first-order valence-electron chi connectivity index (χ1n) is 5.81. The first kappa shape index (κ1) is 13.2. The second-order valence-electron chi connectivity index (χ2n) is 4.84. The molecule has 1 heterocycles. The van der Waals surface area contributed by atoms with E-state index in [1.54, 1.807) is 11.8 Å². The second-order valence-corrected chi connectivity index (χ2v) is 6.90. The van der Waals surface area contributed by atoms with Gasteiger partial charge in [-0.3, -0.25) is 0 Å². The highest BCUT2D eigenvalue weighted by molar-refractivity contribution is 8.00. The van der Waals surface area contributed by atoms with Gasteiger partial charge in [-0.1, -0.05) is 18.5 Å². The quantitative estimate of drug-likeness (QED) is 0.869. The molecule has 2 rings (SSSR count). The molecule has 94 valence electrons. The van der Waals surface area contributed by atoms with Crippen LogP contribution in [0.25, 0.3) is 0 Å². The number of nitrogens with one attached hydrogen (secondary N) is 1. The average molecular weight is 274 g/mol.